The van der Waals surface area contributed by atoms with Gasteiger partial charge < -0.3 is 49.1 Å². The zero-order valence-corrected chi connectivity index (χ0v) is 36.3. The number of Topliss-reactive ketones (excluding diaryl/α,β-unsaturated/α-hetero) is 1. The van der Waals surface area contributed by atoms with E-state index in [-0.39, 0.29) is 36.3 Å². The van der Waals surface area contributed by atoms with Crippen LogP contribution in [0.5, 0.6) is 0 Å². The number of aliphatic hydroxyl groups excluding tert-OH is 2. The van der Waals surface area contributed by atoms with E-state index in [1.165, 1.54) is 26.0 Å². The first-order valence-corrected chi connectivity index (χ1v) is 21.1. The fourth-order valence-corrected chi connectivity index (χ4v) is 10.3. The summed E-state index contributed by atoms with van der Waals surface area (Å²) in [6, 6.07) is 23.4. The van der Waals surface area contributed by atoms with Gasteiger partial charge in [-0.05, 0) is 48.3 Å². The Morgan fingerprint density at radius 1 is 0.859 bits per heavy atom. The average Bonchev–Trinajstić information content (AvgIpc) is 3.26. The number of hydrogen-bond donors (Lipinski definition) is 4. The van der Waals surface area contributed by atoms with Crippen molar-refractivity contribution in [2.75, 3.05) is 6.61 Å². The largest absolute Gasteiger partial charge is 0.456 e. The number of aliphatic hydroxyl groups is 3. The monoisotopic (exact) mass is 883 g/mol. The molecule has 64 heavy (non-hydrogen) atoms. The summed E-state index contributed by atoms with van der Waals surface area (Å²) < 4.78 is 35.7. The summed E-state index contributed by atoms with van der Waals surface area (Å²) in [6.07, 6.45) is -11.6. The van der Waals surface area contributed by atoms with Gasteiger partial charge in [0, 0.05) is 32.1 Å². The highest BCUT2D eigenvalue weighted by molar-refractivity contribution is 5.95. The van der Waals surface area contributed by atoms with E-state index in [2.05, 4.69) is 5.32 Å². The third-order valence-electron chi connectivity index (χ3n) is 13.6. The van der Waals surface area contributed by atoms with E-state index in [1.54, 1.807) is 92.7 Å². The van der Waals surface area contributed by atoms with Crippen LogP contribution in [0.4, 0.5) is 4.79 Å². The molecule has 4 N–H and O–H groups in total. The van der Waals surface area contributed by atoms with E-state index in [9.17, 15) is 39.3 Å². The fraction of sp³-hybridized carbons (Fsp3) is 0.458. The minimum atomic E-state index is -2.41. The molecule has 7 rings (SSSR count). The predicted octanol–water partition coefficient (Wildman–Crippen LogP) is 4.23. The Bertz CT molecular complexity index is 2320. The normalized spacial score (nSPS) is 31.2. The van der Waals surface area contributed by atoms with E-state index in [4.69, 9.17) is 28.4 Å². The van der Waals surface area contributed by atoms with Gasteiger partial charge in [-0.25, -0.2) is 14.4 Å². The summed E-state index contributed by atoms with van der Waals surface area (Å²) in [5, 5.41) is 40.1. The molecule has 1 aliphatic heterocycles. The van der Waals surface area contributed by atoms with Crippen LogP contribution in [0.15, 0.2) is 102 Å². The zero-order valence-electron chi connectivity index (χ0n) is 36.3. The Hall–Kier alpha value is -5.94. The number of ether oxygens (including phenoxy) is 6. The number of carbonyl (C=O) groups excluding carboxylic acids is 6. The molecule has 1 saturated heterocycles. The quantitative estimate of drug-likeness (QED) is 0.120. The predicted molar refractivity (Wildman–Crippen MR) is 224 cm³/mol. The number of amides is 1. The number of nitrogens with one attached hydrogen (secondary N) is 1. The number of ketones is 1. The van der Waals surface area contributed by atoms with E-state index in [0.29, 0.717) is 11.1 Å². The van der Waals surface area contributed by atoms with Crippen molar-refractivity contribution in [1.82, 2.24) is 5.32 Å². The van der Waals surface area contributed by atoms with Crippen molar-refractivity contribution < 1.29 is 72.5 Å². The third kappa shape index (κ3) is 7.97. The van der Waals surface area contributed by atoms with Gasteiger partial charge in [0.2, 0.25) is 0 Å². The molecule has 340 valence electrons. The van der Waals surface area contributed by atoms with E-state index < -0.39 is 113 Å². The molecule has 0 spiro atoms. The summed E-state index contributed by atoms with van der Waals surface area (Å²) in [7, 11) is 0. The van der Waals surface area contributed by atoms with Crippen molar-refractivity contribution in [1.29, 1.82) is 0 Å². The topological polar surface area (TPSA) is 231 Å². The number of rotatable bonds is 11. The molecule has 0 aromatic heterocycles. The van der Waals surface area contributed by atoms with Crippen LogP contribution in [0.2, 0.25) is 0 Å². The Morgan fingerprint density at radius 2 is 1.47 bits per heavy atom. The van der Waals surface area contributed by atoms with Gasteiger partial charge in [0.05, 0.1) is 35.6 Å². The van der Waals surface area contributed by atoms with Crippen molar-refractivity contribution in [2.45, 2.75) is 115 Å². The van der Waals surface area contributed by atoms with Gasteiger partial charge in [0.1, 0.15) is 30.5 Å². The first kappa shape index (κ1) is 46.1. The number of fused-ring (bicyclic) bond motifs is 5. The van der Waals surface area contributed by atoms with E-state index in [0.717, 1.165) is 13.8 Å². The molecule has 16 heteroatoms. The summed E-state index contributed by atoms with van der Waals surface area (Å²) in [5.74, 6) is -6.33. The van der Waals surface area contributed by atoms with Crippen molar-refractivity contribution in [2.24, 2.45) is 16.7 Å². The SMILES string of the molecule is CC(=O)OC1C(=O)[C@]2(C)C(O)CC3OC[C@@]3(OC(C)=O)C2C(OC(=O)c2ccccc2)C2(O)CC(OC(=O)C(O)C(NC(=O)OCc3ccccc3)c3ccccc3)C(C)=C1C2(C)C. The van der Waals surface area contributed by atoms with E-state index >= 15 is 4.79 Å². The van der Waals surface area contributed by atoms with Crippen LogP contribution in [0, 0.1) is 16.7 Å². The molecule has 9 unspecified atom stereocenters. The number of hydrogen-bond acceptors (Lipinski definition) is 15. The molecule has 1 heterocycles. The summed E-state index contributed by atoms with van der Waals surface area (Å²) in [6.45, 7) is 7.81. The van der Waals surface area contributed by atoms with Crippen LogP contribution in [0.25, 0.3) is 0 Å². The van der Waals surface area contributed by atoms with Crippen molar-refractivity contribution >= 4 is 35.8 Å². The molecule has 2 bridgehead atoms. The molecule has 1 amide bonds. The summed E-state index contributed by atoms with van der Waals surface area (Å²) in [5.41, 5.74) is -6.73. The molecule has 3 fully saturated rings. The smallest absolute Gasteiger partial charge is 0.408 e. The maximum atomic E-state index is 15.5. The van der Waals surface area contributed by atoms with Gasteiger partial charge >= 0.3 is 30.0 Å². The lowest BCUT2D eigenvalue weighted by atomic mass is 9.44. The first-order valence-electron chi connectivity index (χ1n) is 21.1. The maximum Gasteiger partial charge on any atom is 0.408 e. The number of benzene rings is 3. The molecule has 2 saturated carbocycles. The Morgan fingerprint density at radius 3 is 2.05 bits per heavy atom. The fourth-order valence-electron chi connectivity index (χ4n) is 10.3. The van der Waals surface area contributed by atoms with Crippen LogP contribution < -0.4 is 5.32 Å². The lowest BCUT2D eigenvalue weighted by Crippen LogP contribution is -2.82. The van der Waals surface area contributed by atoms with Gasteiger partial charge in [-0.3, -0.25) is 14.4 Å². The second kappa shape index (κ2) is 17.6. The van der Waals surface area contributed by atoms with Gasteiger partial charge in [0.25, 0.3) is 0 Å². The lowest BCUT2D eigenvalue weighted by Gasteiger charge is -2.67. The molecular weight excluding hydrogens is 831 g/mol. The maximum absolute atomic E-state index is 15.5. The average molecular weight is 884 g/mol. The van der Waals surface area contributed by atoms with Crippen LogP contribution in [0.1, 0.15) is 81.9 Å². The molecule has 3 aliphatic carbocycles. The molecule has 11 atom stereocenters. The highest BCUT2D eigenvalue weighted by Gasteiger charge is 2.78. The Balaban J connectivity index is 1.34. The Labute approximate surface area is 369 Å². The van der Waals surface area contributed by atoms with Crippen LogP contribution in [-0.2, 0) is 54.2 Å². The summed E-state index contributed by atoms with van der Waals surface area (Å²) in [4.78, 5) is 83.3. The number of esters is 4. The molecule has 16 nitrogen and oxygen atoms in total. The molecule has 4 aliphatic rings. The molecule has 3 aromatic rings. The second-order valence-electron chi connectivity index (χ2n) is 17.7. The summed E-state index contributed by atoms with van der Waals surface area (Å²) >= 11 is 0. The standard InChI is InChI=1S/C48H53NO15/c1-26-32(62-43(56)37(53)36(30-18-12-8-13-19-30)49-44(57)59-24-29-16-10-7-11-17-29)23-48(58)41(63-42(55)31-20-14-9-15-21-31)39-46(6,33(52)22-34-47(39,25-60-34)64-28(3)51)40(54)38(61-27(2)50)35(26)45(48,4)5/h7-21,32-34,36-39,41,52-53,58H,22-25H2,1-6H3,(H,49,57)/t32?,33?,34?,36?,37?,38?,39?,41?,46-,47+,48?/m1/s1. The van der Waals surface area contributed by atoms with Crippen LogP contribution in [-0.4, -0.2) is 106 Å². The van der Waals surface area contributed by atoms with Gasteiger partial charge in [-0.1, -0.05) is 92.7 Å². The van der Waals surface area contributed by atoms with Crippen LogP contribution >= 0.6 is 0 Å². The number of alkyl carbamates (subject to hydrolysis) is 1. The van der Waals surface area contributed by atoms with Crippen LogP contribution in [0.3, 0.4) is 0 Å². The minimum Gasteiger partial charge on any atom is -0.456 e. The second-order valence-corrected chi connectivity index (χ2v) is 17.7. The van der Waals surface area contributed by atoms with Crippen molar-refractivity contribution in [3.05, 3.63) is 119 Å². The van der Waals surface area contributed by atoms with Crippen molar-refractivity contribution in [3.8, 4) is 0 Å². The number of carbonyl (C=O) groups is 6. The molecule has 0 radical (unpaired) electrons. The van der Waals surface area contributed by atoms with Crippen molar-refractivity contribution in [3.63, 3.8) is 0 Å². The van der Waals surface area contributed by atoms with E-state index in [1.807, 2.05) is 0 Å². The minimum absolute atomic E-state index is 0.0166. The Kier molecular flexibility index (Phi) is 12.6. The zero-order chi connectivity index (χ0) is 46.4. The first-order chi connectivity index (χ1) is 30.3. The molecule has 3 aromatic carbocycles. The molecular formula is C48H53NO15. The van der Waals surface area contributed by atoms with Gasteiger partial charge in [0.15, 0.2) is 23.6 Å². The third-order valence-corrected chi connectivity index (χ3v) is 13.6. The highest BCUT2D eigenvalue weighted by Crippen LogP contribution is 2.64. The van der Waals surface area contributed by atoms with Gasteiger partial charge in [-0.2, -0.15) is 0 Å². The van der Waals surface area contributed by atoms with Gasteiger partial charge in [-0.15, -0.1) is 0 Å². The lowest BCUT2D eigenvalue weighted by molar-refractivity contribution is -0.346. The highest BCUT2D eigenvalue weighted by atomic mass is 16.6.